The molecule has 0 bridgehead atoms. The summed E-state index contributed by atoms with van der Waals surface area (Å²) in [6.07, 6.45) is -2.96. The van der Waals surface area contributed by atoms with E-state index in [0.29, 0.717) is 22.8 Å². The topological polar surface area (TPSA) is 66.8 Å². The maximum atomic E-state index is 13.2. The summed E-state index contributed by atoms with van der Waals surface area (Å²) in [5.74, 6) is -1.42. The van der Waals surface area contributed by atoms with E-state index in [1.54, 1.807) is 23.6 Å². The summed E-state index contributed by atoms with van der Waals surface area (Å²) in [4.78, 5) is 28.2. The van der Waals surface area contributed by atoms with Crippen LogP contribution in [0.2, 0.25) is 0 Å². The molecule has 1 saturated heterocycles. The number of aliphatic hydroxyl groups excluding tert-OH is 1. The zero-order valence-electron chi connectivity index (χ0n) is 18.6. The van der Waals surface area contributed by atoms with Crippen LogP contribution in [-0.2, 0) is 22.2 Å². The fraction of sp³-hybridized carbons (Fsp3) is 0.231. The van der Waals surface area contributed by atoms with Crippen molar-refractivity contribution in [1.29, 1.82) is 0 Å². The lowest BCUT2D eigenvalue weighted by atomic mass is 9.96. The van der Waals surface area contributed by atoms with Gasteiger partial charge in [0.15, 0.2) is 0 Å². The van der Waals surface area contributed by atoms with Gasteiger partial charge in [-0.25, -0.2) is 0 Å². The second-order valence-electron chi connectivity index (χ2n) is 8.46. The summed E-state index contributed by atoms with van der Waals surface area (Å²) in [5.41, 5.74) is 1.23. The largest absolute Gasteiger partial charge is 0.507 e. The van der Waals surface area contributed by atoms with Crippen LogP contribution in [0, 0.1) is 6.92 Å². The number of ether oxygens (including phenoxy) is 1. The van der Waals surface area contributed by atoms with Gasteiger partial charge < -0.3 is 9.84 Å². The van der Waals surface area contributed by atoms with Crippen molar-refractivity contribution in [2.24, 2.45) is 0 Å². The van der Waals surface area contributed by atoms with E-state index in [2.05, 4.69) is 0 Å². The predicted octanol–water partition coefficient (Wildman–Crippen LogP) is 6.03. The molecule has 0 saturated carbocycles. The van der Waals surface area contributed by atoms with E-state index >= 15 is 0 Å². The van der Waals surface area contributed by atoms with E-state index in [-0.39, 0.29) is 17.0 Å². The third-order valence-electron chi connectivity index (χ3n) is 6.25. The molecular weight excluding hydrogens is 479 g/mol. The summed E-state index contributed by atoms with van der Waals surface area (Å²) in [6.45, 7) is 2.42. The molecule has 5 rings (SSSR count). The number of anilines is 1. The number of aliphatic hydroxyl groups is 1. The fourth-order valence-electron chi connectivity index (χ4n) is 4.49. The highest BCUT2D eigenvalue weighted by Crippen LogP contribution is 2.45. The van der Waals surface area contributed by atoms with Crippen LogP contribution < -0.4 is 9.64 Å². The minimum Gasteiger partial charge on any atom is -0.507 e. The molecule has 2 aromatic carbocycles. The van der Waals surface area contributed by atoms with Gasteiger partial charge in [0.2, 0.25) is 0 Å². The minimum atomic E-state index is -4.54. The number of thiophene rings is 1. The lowest BCUT2D eigenvalue weighted by Crippen LogP contribution is -2.29. The maximum absolute atomic E-state index is 13.2. The molecule has 1 aromatic heterocycles. The maximum Gasteiger partial charge on any atom is 0.416 e. The van der Waals surface area contributed by atoms with Gasteiger partial charge in [0.1, 0.15) is 17.6 Å². The van der Waals surface area contributed by atoms with E-state index in [9.17, 15) is 27.9 Å². The number of hydrogen-bond acceptors (Lipinski definition) is 5. The number of aryl methyl sites for hydroxylation is 2. The molecule has 1 amide bonds. The smallest absolute Gasteiger partial charge is 0.416 e. The number of Topliss-reactive ketones (excluding diaryl/α,β-unsaturated/α-hetero) is 1. The third kappa shape index (κ3) is 3.99. The number of fused-ring (bicyclic) bond motifs is 1. The van der Waals surface area contributed by atoms with Crippen LogP contribution in [0.25, 0.3) is 5.76 Å². The van der Waals surface area contributed by atoms with Crippen LogP contribution in [0.3, 0.4) is 0 Å². The molecule has 0 radical (unpaired) electrons. The van der Waals surface area contributed by atoms with Gasteiger partial charge in [-0.15, -0.1) is 11.3 Å². The summed E-state index contributed by atoms with van der Waals surface area (Å²) in [6, 6.07) is 10.0. The van der Waals surface area contributed by atoms with Crippen LogP contribution in [0.4, 0.5) is 18.9 Å². The molecule has 1 fully saturated rings. The van der Waals surface area contributed by atoms with Crippen molar-refractivity contribution in [3.8, 4) is 5.75 Å². The number of benzene rings is 2. The third-order valence-corrected chi connectivity index (χ3v) is 7.32. The molecule has 0 aliphatic carbocycles. The molecule has 35 heavy (non-hydrogen) atoms. The first kappa shape index (κ1) is 23.2. The van der Waals surface area contributed by atoms with E-state index in [4.69, 9.17) is 4.74 Å². The number of carbonyl (C=O) groups excluding carboxylic acids is 2. The number of ketones is 1. The van der Waals surface area contributed by atoms with Gasteiger partial charge >= 0.3 is 6.18 Å². The normalized spacial score (nSPS) is 19.5. The number of amides is 1. The van der Waals surface area contributed by atoms with Crippen LogP contribution in [0.1, 0.15) is 39.6 Å². The van der Waals surface area contributed by atoms with Crippen molar-refractivity contribution in [3.63, 3.8) is 0 Å². The molecule has 3 heterocycles. The summed E-state index contributed by atoms with van der Waals surface area (Å²) < 4.78 is 44.9. The number of halogens is 3. The predicted molar refractivity (Wildman–Crippen MR) is 126 cm³/mol. The highest BCUT2D eigenvalue weighted by atomic mass is 32.1. The highest BCUT2D eigenvalue weighted by molar-refractivity contribution is 7.10. The standard InChI is InChI=1S/C26H20F3NO4S/c1-14-10-12-35-24(14)21-20(22(31)16-4-9-19-15(13-16)3-2-11-34-19)23(32)25(33)30(21)18-7-5-17(6-8-18)26(27,28)29/h4-10,12-13,21,31H,2-3,11H2,1H3/b22-20-. The summed E-state index contributed by atoms with van der Waals surface area (Å²) in [7, 11) is 0. The lowest BCUT2D eigenvalue weighted by Gasteiger charge is -2.25. The van der Waals surface area contributed by atoms with E-state index in [1.165, 1.54) is 23.5 Å². The van der Waals surface area contributed by atoms with Crippen molar-refractivity contribution >= 4 is 34.5 Å². The Morgan fingerprint density at radius 1 is 1.11 bits per heavy atom. The van der Waals surface area contributed by atoms with Crippen LogP contribution >= 0.6 is 11.3 Å². The first-order valence-corrected chi connectivity index (χ1v) is 11.8. The number of hydrogen-bond donors (Lipinski definition) is 1. The average molecular weight is 500 g/mol. The van der Waals surface area contributed by atoms with Gasteiger partial charge in [-0.1, -0.05) is 0 Å². The van der Waals surface area contributed by atoms with Crippen molar-refractivity contribution < 1.29 is 32.6 Å². The fourth-order valence-corrected chi connectivity index (χ4v) is 5.51. The Morgan fingerprint density at radius 2 is 1.86 bits per heavy atom. The molecule has 180 valence electrons. The first-order valence-electron chi connectivity index (χ1n) is 10.9. The molecule has 5 nitrogen and oxygen atoms in total. The van der Waals surface area contributed by atoms with Crippen LogP contribution in [0.15, 0.2) is 59.5 Å². The zero-order valence-corrected chi connectivity index (χ0v) is 19.4. The Bertz CT molecular complexity index is 1360. The second kappa shape index (κ2) is 8.57. The molecular formula is C26H20F3NO4S. The van der Waals surface area contributed by atoms with Gasteiger partial charge in [-0.2, -0.15) is 13.2 Å². The zero-order chi connectivity index (χ0) is 24.9. The Kier molecular flexibility index (Phi) is 5.67. The van der Waals surface area contributed by atoms with E-state index < -0.39 is 29.5 Å². The number of alkyl halides is 3. The highest BCUT2D eigenvalue weighted by Gasteiger charge is 2.48. The van der Waals surface area contributed by atoms with Gasteiger partial charge in [0.25, 0.3) is 11.7 Å². The molecule has 0 spiro atoms. The lowest BCUT2D eigenvalue weighted by molar-refractivity contribution is -0.137. The van der Waals surface area contributed by atoms with E-state index in [0.717, 1.165) is 41.0 Å². The van der Waals surface area contributed by atoms with Gasteiger partial charge in [-0.3, -0.25) is 14.5 Å². The number of carbonyl (C=O) groups is 2. The van der Waals surface area contributed by atoms with Crippen molar-refractivity contribution in [2.75, 3.05) is 11.5 Å². The quantitative estimate of drug-likeness (QED) is 0.272. The average Bonchev–Trinajstić information content (AvgIpc) is 3.38. The van der Waals surface area contributed by atoms with E-state index in [1.807, 2.05) is 13.0 Å². The summed E-state index contributed by atoms with van der Waals surface area (Å²) >= 11 is 1.30. The SMILES string of the molecule is Cc1ccsc1C1/C(=C(/O)c2ccc3c(c2)CCCO3)C(=O)C(=O)N1c1ccc(C(F)(F)F)cc1. The Morgan fingerprint density at radius 3 is 2.51 bits per heavy atom. The Balaban J connectivity index is 1.66. The van der Waals surface area contributed by atoms with Crippen molar-refractivity contribution in [1.82, 2.24) is 0 Å². The van der Waals surface area contributed by atoms with Crippen LogP contribution in [-0.4, -0.2) is 23.4 Å². The molecule has 2 aliphatic heterocycles. The number of rotatable bonds is 3. The minimum absolute atomic E-state index is 0.0999. The number of nitrogens with zero attached hydrogens (tertiary/aromatic N) is 1. The second-order valence-corrected chi connectivity index (χ2v) is 9.40. The monoisotopic (exact) mass is 499 g/mol. The molecule has 1 unspecified atom stereocenters. The Hall–Kier alpha value is -3.59. The Labute approximate surface area is 203 Å². The molecule has 1 atom stereocenters. The van der Waals surface area contributed by atoms with Crippen molar-refractivity contribution in [2.45, 2.75) is 32.0 Å². The first-order chi connectivity index (χ1) is 16.7. The van der Waals surface area contributed by atoms with Gasteiger partial charge in [-0.05, 0) is 84.8 Å². The molecule has 3 aromatic rings. The van der Waals surface area contributed by atoms with Crippen LogP contribution in [0.5, 0.6) is 5.75 Å². The van der Waals surface area contributed by atoms with Gasteiger partial charge in [0, 0.05) is 16.1 Å². The molecule has 1 N–H and O–H groups in total. The summed E-state index contributed by atoms with van der Waals surface area (Å²) in [5, 5.41) is 13.1. The molecule has 2 aliphatic rings. The van der Waals surface area contributed by atoms with Crippen molar-refractivity contribution in [3.05, 3.63) is 86.6 Å². The molecule has 9 heteroatoms. The van der Waals surface area contributed by atoms with Gasteiger partial charge in [0.05, 0.1) is 17.7 Å².